The van der Waals surface area contributed by atoms with Gasteiger partial charge in [0.15, 0.2) is 5.82 Å². The number of aliphatic imine (C=N–C) groups is 1. The molecule has 3 aliphatic rings. The number of carbonyl (C=O) groups is 3. The van der Waals surface area contributed by atoms with E-state index in [1.807, 2.05) is 55.7 Å². The maximum absolute atomic E-state index is 13.2. The first-order chi connectivity index (χ1) is 25.3. The van der Waals surface area contributed by atoms with Gasteiger partial charge >= 0.3 is 0 Å². The fraction of sp³-hybridized carbons (Fsp3) is 0.256. The van der Waals surface area contributed by atoms with E-state index >= 15 is 0 Å². The van der Waals surface area contributed by atoms with Crippen molar-refractivity contribution in [1.82, 2.24) is 34.5 Å². The molecule has 0 radical (unpaired) electrons. The van der Waals surface area contributed by atoms with Gasteiger partial charge < -0.3 is 9.47 Å². The molecule has 2 aromatic carbocycles. The Morgan fingerprint density at radius 1 is 1.08 bits per heavy atom. The maximum atomic E-state index is 13.2. The zero-order chi connectivity index (χ0) is 35.9. The number of fused-ring (bicyclic) bond motifs is 4. The lowest BCUT2D eigenvalue weighted by Crippen LogP contribution is -2.52. The van der Waals surface area contributed by atoms with Crippen molar-refractivity contribution >= 4 is 52.4 Å². The van der Waals surface area contributed by atoms with Crippen molar-refractivity contribution in [2.75, 3.05) is 0 Å². The number of rotatable bonds is 7. The molecular formula is C39H33ClN8O3S. The first kappa shape index (κ1) is 33.5. The summed E-state index contributed by atoms with van der Waals surface area (Å²) in [7, 11) is 0. The fourth-order valence-electron chi connectivity index (χ4n) is 6.98. The Balaban J connectivity index is 0.965. The van der Waals surface area contributed by atoms with Crippen LogP contribution in [0.2, 0.25) is 5.02 Å². The zero-order valence-corrected chi connectivity index (χ0v) is 30.1. The van der Waals surface area contributed by atoms with E-state index in [0.717, 1.165) is 80.1 Å². The first-order valence-corrected chi connectivity index (χ1v) is 18.3. The normalized spacial score (nSPS) is 16.6. The third-order valence-electron chi connectivity index (χ3n) is 9.66. The monoisotopic (exact) mass is 728 g/mol. The zero-order valence-electron chi connectivity index (χ0n) is 28.5. The highest BCUT2D eigenvalue weighted by atomic mass is 35.5. The van der Waals surface area contributed by atoms with E-state index < -0.39 is 11.9 Å². The number of nitrogens with zero attached hydrogens (tertiary/aromatic N) is 7. The molecule has 0 saturated carbocycles. The van der Waals surface area contributed by atoms with Crippen LogP contribution in [0.25, 0.3) is 11.1 Å². The average molecular weight is 729 g/mol. The van der Waals surface area contributed by atoms with Crippen LogP contribution in [0.4, 0.5) is 0 Å². The largest absolute Gasteiger partial charge is 0.324 e. The molecule has 13 heteroatoms. The molecule has 3 amide bonds. The van der Waals surface area contributed by atoms with Crippen molar-refractivity contribution in [1.29, 1.82) is 0 Å². The van der Waals surface area contributed by atoms with E-state index in [2.05, 4.69) is 54.5 Å². The standard InChI is InChI=1S/C39H33ClN8O3S/c1-23-32(52-39-35(23)36(26-10-12-27(40)13-11-26)42-20-33-45-44-24(2)48(33)39)16-14-28-19-41-22-46(28)18-5-3-4-7-25-8-6-9-29-30(25)21-47(38(29)51)31-15-17-34(49)43-37(31)50/h4,6-13,19,22,31H,3,5,15,17-18,20-21H2,1-2H3,(H,43,49,50)/b7-4+. The number of allylic oxidation sites excluding steroid dienone is 1. The number of nitrogens with one attached hydrogen (secondary N) is 1. The molecule has 1 fully saturated rings. The van der Waals surface area contributed by atoms with Crippen LogP contribution in [0, 0.1) is 25.7 Å². The number of imidazole rings is 1. The lowest BCUT2D eigenvalue weighted by Gasteiger charge is -2.29. The molecule has 1 atom stereocenters. The minimum Gasteiger partial charge on any atom is -0.324 e. The minimum atomic E-state index is -0.632. The number of halogens is 1. The summed E-state index contributed by atoms with van der Waals surface area (Å²) in [4.78, 5) is 49.2. The molecule has 1 saturated heterocycles. The average Bonchev–Trinajstić information content (AvgIpc) is 3.88. The predicted octanol–water partition coefficient (Wildman–Crippen LogP) is 5.80. The summed E-state index contributed by atoms with van der Waals surface area (Å²) in [5.74, 6) is 7.51. The van der Waals surface area contributed by atoms with Gasteiger partial charge in [-0.25, -0.2) is 4.98 Å². The summed E-state index contributed by atoms with van der Waals surface area (Å²) in [5.41, 5.74) is 7.23. The van der Waals surface area contributed by atoms with Gasteiger partial charge in [0, 0.05) is 41.2 Å². The van der Waals surface area contributed by atoms with Crippen LogP contribution >= 0.6 is 22.9 Å². The first-order valence-electron chi connectivity index (χ1n) is 17.1. The van der Waals surface area contributed by atoms with Crippen molar-refractivity contribution in [2.45, 2.75) is 65.2 Å². The molecule has 8 rings (SSSR count). The summed E-state index contributed by atoms with van der Waals surface area (Å²) in [5, 5.41) is 12.8. The quantitative estimate of drug-likeness (QED) is 0.128. The molecule has 3 aromatic heterocycles. The number of benzene rings is 2. The van der Waals surface area contributed by atoms with Gasteiger partial charge in [-0.2, -0.15) is 0 Å². The molecule has 0 spiro atoms. The number of imide groups is 1. The van der Waals surface area contributed by atoms with Crippen molar-refractivity contribution in [3.63, 3.8) is 0 Å². The summed E-state index contributed by atoms with van der Waals surface area (Å²) >= 11 is 7.82. The van der Waals surface area contributed by atoms with E-state index in [1.54, 1.807) is 28.5 Å². The number of carbonyl (C=O) groups excluding carboxylic acids is 3. The molecule has 3 aliphatic heterocycles. The Morgan fingerprint density at radius 2 is 1.92 bits per heavy atom. The number of hydrogen-bond acceptors (Lipinski definition) is 8. The summed E-state index contributed by atoms with van der Waals surface area (Å²) < 4.78 is 4.15. The van der Waals surface area contributed by atoms with Gasteiger partial charge in [-0.05, 0) is 79.8 Å². The number of hydrogen-bond donors (Lipinski definition) is 1. The summed E-state index contributed by atoms with van der Waals surface area (Å²) in [6, 6.07) is 12.8. The SMILES string of the molecule is Cc1c(C#Cc2cncn2CCC/C=C/c2cccc3c2CN(C2CCC(=O)NC2=O)C3=O)sc2c1C(c1ccc(Cl)cc1)=NCc1nnc(C)n1-2. The molecule has 6 heterocycles. The van der Waals surface area contributed by atoms with Crippen LogP contribution in [0.3, 0.4) is 0 Å². The molecule has 11 nitrogen and oxygen atoms in total. The highest BCUT2D eigenvalue weighted by Crippen LogP contribution is 2.37. The van der Waals surface area contributed by atoms with E-state index in [4.69, 9.17) is 16.6 Å². The second-order valence-corrected chi connectivity index (χ2v) is 14.4. The lowest BCUT2D eigenvalue weighted by atomic mass is 10.00. The van der Waals surface area contributed by atoms with Crippen LogP contribution in [0.5, 0.6) is 0 Å². The van der Waals surface area contributed by atoms with E-state index in [9.17, 15) is 14.4 Å². The third-order valence-corrected chi connectivity index (χ3v) is 11.1. The molecule has 0 aliphatic carbocycles. The van der Waals surface area contributed by atoms with Crippen LogP contribution in [-0.2, 0) is 29.2 Å². The Kier molecular flexibility index (Phi) is 8.90. The molecular weight excluding hydrogens is 696 g/mol. The van der Waals surface area contributed by atoms with Gasteiger partial charge in [0.2, 0.25) is 11.8 Å². The van der Waals surface area contributed by atoms with Gasteiger partial charge in [0.1, 0.15) is 29.1 Å². The number of thiophene rings is 1. The highest BCUT2D eigenvalue weighted by molar-refractivity contribution is 7.15. The van der Waals surface area contributed by atoms with Crippen molar-refractivity contribution in [3.8, 4) is 16.8 Å². The highest BCUT2D eigenvalue weighted by Gasteiger charge is 2.39. The Morgan fingerprint density at radius 3 is 2.75 bits per heavy atom. The lowest BCUT2D eigenvalue weighted by molar-refractivity contribution is -0.136. The Bertz CT molecular complexity index is 2390. The van der Waals surface area contributed by atoms with Gasteiger partial charge in [-0.15, -0.1) is 21.5 Å². The topological polar surface area (TPSA) is 127 Å². The van der Waals surface area contributed by atoms with Crippen LogP contribution in [-0.4, -0.2) is 58.7 Å². The predicted molar refractivity (Wildman–Crippen MR) is 198 cm³/mol. The Hall–Kier alpha value is -5.64. The molecule has 0 bridgehead atoms. The van der Waals surface area contributed by atoms with Crippen LogP contribution in [0.1, 0.15) is 86.1 Å². The van der Waals surface area contributed by atoms with Crippen LogP contribution in [0.15, 0.2) is 66.1 Å². The van der Waals surface area contributed by atoms with Gasteiger partial charge in [0.05, 0.1) is 23.1 Å². The van der Waals surface area contributed by atoms with Crippen LogP contribution < -0.4 is 5.32 Å². The van der Waals surface area contributed by atoms with E-state index in [1.165, 1.54) is 0 Å². The number of amides is 3. The van der Waals surface area contributed by atoms with Gasteiger partial charge in [-0.3, -0.25) is 29.3 Å². The van der Waals surface area contributed by atoms with Gasteiger partial charge in [0.25, 0.3) is 5.91 Å². The number of unbranched alkanes of at least 4 members (excludes halogenated alkanes) is 1. The smallest absolute Gasteiger partial charge is 0.255 e. The molecule has 1 unspecified atom stereocenters. The van der Waals surface area contributed by atoms with Crippen molar-refractivity contribution < 1.29 is 14.4 Å². The molecule has 1 N–H and O–H groups in total. The Labute approximate surface area is 309 Å². The molecule has 260 valence electrons. The number of aryl methyl sites for hydroxylation is 2. The number of aromatic nitrogens is 5. The van der Waals surface area contributed by atoms with Crippen molar-refractivity contribution in [2.24, 2.45) is 4.99 Å². The summed E-state index contributed by atoms with van der Waals surface area (Å²) in [6.45, 7) is 5.54. The van der Waals surface area contributed by atoms with E-state index in [-0.39, 0.29) is 18.2 Å². The van der Waals surface area contributed by atoms with E-state index in [0.29, 0.717) is 30.1 Å². The van der Waals surface area contributed by atoms with Crippen molar-refractivity contribution in [3.05, 3.63) is 122 Å². The number of piperidine rings is 1. The third kappa shape index (κ3) is 6.16. The second kappa shape index (κ2) is 13.8. The minimum absolute atomic E-state index is 0.171. The molecule has 5 aromatic rings. The maximum Gasteiger partial charge on any atom is 0.255 e. The van der Waals surface area contributed by atoms with Gasteiger partial charge in [-0.1, -0.05) is 48.0 Å². The fourth-order valence-corrected chi connectivity index (χ4v) is 8.34. The summed E-state index contributed by atoms with van der Waals surface area (Å²) in [6.07, 6.45) is 10.00. The second-order valence-electron chi connectivity index (χ2n) is 12.9. The molecule has 52 heavy (non-hydrogen) atoms.